The van der Waals surface area contributed by atoms with Crippen molar-refractivity contribution in [3.63, 3.8) is 0 Å². The lowest BCUT2D eigenvalue weighted by Gasteiger charge is -2.26. The van der Waals surface area contributed by atoms with Gasteiger partial charge in [-0.3, -0.25) is 4.79 Å². The Bertz CT molecular complexity index is 374. The monoisotopic (exact) mass is 251 g/mol. The van der Waals surface area contributed by atoms with E-state index in [2.05, 4.69) is 27.7 Å². The van der Waals surface area contributed by atoms with Gasteiger partial charge in [-0.2, -0.15) is 0 Å². The van der Waals surface area contributed by atoms with Crippen molar-refractivity contribution < 1.29 is 9.18 Å². The van der Waals surface area contributed by atoms with E-state index < -0.39 is 0 Å². The first-order valence-corrected chi connectivity index (χ1v) is 6.45. The Kier molecular flexibility index (Phi) is 5.32. The number of halogens is 1. The van der Waals surface area contributed by atoms with Gasteiger partial charge in [0.15, 0.2) is 0 Å². The number of benzene rings is 1. The highest BCUT2D eigenvalue weighted by Crippen LogP contribution is 2.11. The summed E-state index contributed by atoms with van der Waals surface area (Å²) in [6.07, 6.45) is 0. The van der Waals surface area contributed by atoms with Gasteiger partial charge in [0.05, 0.1) is 0 Å². The summed E-state index contributed by atoms with van der Waals surface area (Å²) >= 11 is 0. The van der Waals surface area contributed by atoms with Crippen molar-refractivity contribution in [3.05, 3.63) is 35.6 Å². The van der Waals surface area contributed by atoms with Crippen molar-refractivity contribution in [2.24, 2.45) is 11.8 Å². The number of hydrogen-bond donors (Lipinski definition) is 0. The average molecular weight is 251 g/mol. The summed E-state index contributed by atoms with van der Waals surface area (Å²) in [6, 6.07) is 5.75. The smallest absolute Gasteiger partial charge is 0.253 e. The number of amides is 1. The van der Waals surface area contributed by atoms with Crippen LogP contribution < -0.4 is 0 Å². The minimum Gasteiger partial charge on any atom is -0.338 e. The van der Waals surface area contributed by atoms with Crippen molar-refractivity contribution in [1.82, 2.24) is 4.90 Å². The minimum absolute atomic E-state index is 0.0163. The van der Waals surface area contributed by atoms with Gasteiger partial charge in [0.1, 0.15) is 5.82 Å². The molecule has 0 unspecified atom stereocenters. The van der Waals surface area contributed by atoms with E-state index in [4.69, 9.17) is 0 Å². The Morgan fingerprint density at radius 3 is 1.89 bits per heavy atom. The number of nitrogens with zero attached hydrogens (tertiary/aromatic N) is 1. The fourth-order valence-electron chi connectivity index (χ4n) is 1.90. The Balaban J connectivity index is 2.83. The molecule has 0 atom stereocenters. The van der Waals surface area contributed by atoms with Crippen LogP contribution >= 0.6 is 0 Å². The maximum Gasteiger partial charge on any atom is 0.253 e. The molecule has 0 saturated carbocycles. The maximum atomic E-state index is 12.8. The molecule has 2 nitrogen and oxygen atoms in total. The molecule has 0 aromatic heterocycles. The van der Waals surface area contributed by atoms with E-state index in [1.165, 1.54) is 12.1 Å². The lowest BCUT2D eigenvalue weighted by molar-refractivity contribution is 0.0715. The predicted molar refractivity (Wildman–Crippen MR) is 72.0 cm³/mol. The molecule has 0 fully saturated rings. The molecular weight excluding hydrogens is 229 g/mol. The Labute approximate surface area is 109 Å². The second kappa shape index (κ2) is 6.53. The summed E-state index contributed by atoms with van der Waals surface area (Å²) in [7, 11) is 0. The molecule has 0 N–H and O–H groups in total. The molecule has 3 heteroatoms. The first-order chi connectivity index (χ1) is 8.40. The fraction of sp³-hybridized carbons (Fsp3) is 0.533. The lowest BCUT2D eigenvalue weighted by atomic mass is 10.1. The van der Waals surface area contributed by atoms with Gasteiger partial charge >= 0.3 is 0 Å². The first-order valence-electron chi connectivity index (χ1n) is 6.45. The number of carbonyl (C=O) groups is 1. The van der Waals surface area contributed by atoms with Crippen molar-refractivity contribution in [1.29, 1.82) is 0 Å². The summed E-state index contributed by atoms with van der Waals surface area (Å²) in [4.78, 5) is 14.2. The van der Waals surface area contributed by atoms with Crippen molar-refractivity contribution in [3.8, 4) is 0 Å². The minimum atomic E-state index is -0.314. The van der Waals surface area contributed by atoms with E-state index in [0.717, 1.165) is 13.1 Å². The molecule has 0 spiro atoms. The highest BCUT2D eigenvalue weighted by molar-refractivity contribution is 5.94. The zero-order valence-electron chi connectivity index (χ0n) is 11.6. The SMILES string of the molecule is CC(C)CN(CC(C)C)C(=O)c1ccc(F)cc1. The number of hydrogen-bond acceptors (Lipinski definition) is 1. The van der Waals surface area contributed by atoms with Crippen LogP contribution in [0, 0.1) is 17.7 Å². The van der Waals surface area contributed by atoms with Crippen LogP contribution in [0.1, 0.15) is 38.1 Å². The molecule has 0 bridgehead atoms. The van der Waals surface area contributed by atoms with Gasteiger partial charge in [0.25, 0.3) is 5.91 Å². The van der Waals surface area contributed by atoms with Crippen molar-refractivity contribution >= 4 is 5.91 Å². The van der Waals surface area contributed by atoms with Crippen LogP contribution in [0.15, 0.2) is 24.3 Å². The van der Waals surface area contributed by atoms with E-state index >= 15 is 0 Å². The molecular formula is C15H22FNO. The molecule has 0 aliphatic carbocycles. The Morgan fingerprint density at radius 1 is 1.06 bits per heavy atom. The van der Waals surface area contributed by atoms with Crippen LogP contribution in [0.2, 0.25) is 0 Å². The molecule has 0 aliphatic heterocycles. The Morgan fingerprint density at radius 2 is 1.50 bits per heavy atom. The zero-order chi connectivity index (χ0) is 13.7. The second-order valence-corrected chi connectivity index (χ2v) is 5.50. The van der Waals surface area contributed by atoms with Crippen LogP contribution in [0.25, 0.3) is 0 Å². The normalized spacial score (nSPS) is 11.1. The molecule has 0 aliphatic rings. The highest BCUT2D eigenvalue weighted by Gasteiger charge is 2.17. The van der Waals surface area contributed by atoms with Gasteiger partial charge in [-0.05, 0) is 36.1 Å². The molecule has 1 amide bonds. The third-order valence-corrected chi connectivity index (χ3v) is 2.55. The van der Waals surface area contributed by atoms with Gasteiger partial charge in [0.2, 0.25) is 0 Å². The third kappa shape index (κ3) is 4.47. The summed E-state index contributed by atoms with van der Waals surface area (Å²) in [6.45, 7) is 9.82. The van der Waals surface area contributed by atoms with E-state index in [-0.39, 0.29) is 11.7 Å². The standard InChI is InChI=1S/C15H22FNO/c1-11(2)9-17(10-12(3)4)15(18)13-5-7-14(16)8-6-13/h5-8,11-12H,9-10H2,1-4H3. The van der Waals surface area contributed by atoms with E-state index in [1.54, 1.807) is 12.1 Å². The van der Waals surface area contributed by atoms with Crippen LogP contribution in [-0.2, 0) is 0 Å². The van der Waals surface area contributed by atoms with Crippen LogP contribution in [-0.4, -0.2) is 23.9 Å². The molecule has 0 heterocycles. The maximum absolute atomic E-state index is 12.8. The summed E-state index contributed by atoms with van der Waals surface area (Å²) < 4.78 is 12.8. The van der Waals surface area contributed by atoms with Gasteiger partial charge in [-0.15, -0.1) is 0 Å². The molecule has 1 aromatic rings. The van der Waals surface area contributed by atoms with Gasteiger partial charge in [0, 0.05) is 18.7 Å². The quantitative estimate of drug-likeness (QED) is 0.783. The summed E-state index contributed by atoms with van der Waals surface area (Å²) in [5.74, 6) is 0.518. The van der Waals surface area contributed by atoms with Crippen molar-refractivity contribution in [2.75, 3.05) is 13.1 Å². The third-order valence-electron chi connectivity index (χ3n) is 2.55. The van der Waals surface area contributed by atoms with E-state index in [9.17, 15) is 9.18 Å². The van der Waals surface area contributed by atoms with Gasteiger partial charge in [-0.1, -0.05) is 27.7 Å². The molecule has 1 aromatic carbocycles. The topological polar surface area (TPSA) is 20.3 Å². The largest absolute Gasteiger partial charge is 0.338 e. The fourth-order valence-corrected chi connectivity index (χ4v) is 1.90. The molecule has 0 saturated heterocycles. The molecule has 1 rings (SSSR count). The van der Waals surface area contributed by atoms with Gasteiger partial charge in [-0.25, -0.2) is 4.39 Å². The number of carbonyl (C=O) groups excluding carboxylic acids is 1. The average Bonchev–Trinajstić information content (AvgIpc) is 2.27. The summed E-state index contributed by atoms with van der Waals surface area (Å²) in [5.41, 5.74) is 0.553. The van der Waals surface area contributed by atoms with Crippen LogP contribution in [0.3, 0.4) is 0 Å². The zero-order valence-corrected chi connectivity index (χ0v) is 11.6. The molecule has 18 heavy (non-hydrogen) atoms. The van der Waals surface area contributed by atoms with Gasteiger partial charge < -0.3 is 4.90 Å². The number of rotatable bonds is 5. The van der Waals surface area contributed by atoms with E-state index in [0.29, 0.717) is 17.4 Å². The lowest BCUT2D eigenvalue weighted by Crippen LogP contribution is -2.37. The second-order valence-electron chi connectivity index (χ2n) is 5.50. The molecule has 0 radical (unpaired) electrons. The van der Waals surface area contributed by atoms with E-state index in [1.807, 2.05) is 4.90 Å². The first kappa shape index (κ1) is 14.7. The highest BCUT2D eigenvalue weighted by atomic mass is 19.1. The Hall–Kier alpha value is -1.38. The summed E-state index contributed by atoms with van der Waals surface area (Å²) in [5, 5.41) is 0. The predicted octanol–water partition coefficient (Wildman–Crippen LogP) is 3.58. The molecule has 100 valence electrons. The van der Waals surface area contributed by atoms with Crippen molar-refractivity contribution in [2.45, 2.75) is 27.7 Å². The van der Waals surface area contributed by atoms with Crippen LogP contribution in [0.5, 0.6) is 0 Å². The van der Waals surface area contributed by atoms with Crippen LogP contribution in [0.4, 0.5) is 4.39 Å².